The Balaban J connectivity index is 2.15. The fourth-order valence-electron chi connectivity index (χ4n) is 1.77. The Labute approximate surface area is 123 Å². The Bertz CT molecular complexity index is 645. The summed E-state index contributed by atoms with van der Waals surface area (Å²) in [5.74, 6) is -0.680. The molecule has 1 aromatic heterocycles. The van der Waals surface area contributed by atoms with Crippen LogP contribution in [0.1, 0.15) is 20.8 Å². The molecule has 112 valence electrons. The van der Waals surface area contributed by atoms with Gasteiger partial charge in [-0.2, -0.15) is 5.10 Å². The fraction of sp³-hybridized carbons (Fsp3) is 0.333. The number of carbonyl (C=O) groups is 1. The molecule has 0 saturated heterocycles. The zero-order chi connectivity index (χ0) is 15.6. The van der Waals surface area contributed by atoms with Crippen molar-refractivity contribution >= 4 is 11.6 Å². The van der Waals surface area contributed by atoms with Crippen LogP contribution in [0.2, 0.25) is 0 Å². The van der Waals surface area contributed by atoms with Crippen LogP contribution >= 0.6 is 0 Å². The SMILES string of the molecule is CC(C)(C)[C@H](N)C(=O)Nc1cnn(-c2ccccc2F)c1. The molecular formula is C15H19FN4O. The highest BCUT2D eigenvalue weighted by atomic mass is 19.1. The van der Waals surface area contributed by atoms with Crippen molar-refractivity contribution in [1.29, 1.82) is 0 Å². The first-order valence-corrected chi connectivity index (χ1v) is 6.65. The van der Waals surface area contributed by atoms with Gasteiger partial charge in [-0.15, -0.1) is 0 Å². The summed E-state index contributed by atoms with van der Waals surface area (Å²) in [4.78, 5) is 12.0. The van der Waals surface area contributed by atoms with Crippen LogP contribution in [0, 0.1) is 11.2 Å². The molecule has 21 heavy (non-hydrogen) atoms. The van der Waals surface area contributed by atoms with Crippen molar-refractivity contribution in [2.24, 2.45) is 11.1 Å². The Morgan fingerprint density at radius 2 is 2.05 bits per heavy atom. The summed E-state index contributed by atoms with van der Waals surface area (Å²) in [6, 6.07) is 5.63. The van der Waals surface area contributed by atoms with Gasteiger partial charge in [0, 0.05) is 0 Å². The first kappa shape index (κ1) is 15.2. The summed E-state index contributed by atoms with van der Waals surface area (Å²) >= 11 is 0. The molecule has 0 spiro atoms. The molecule has 2 aromatic rings. The third-order valence-electron chi connectivity index (χ3n) is 3.16. The normalized spacial score (nSPS) is 13.0. The van der Waals surface area contributed by atoms with Crippen molar-refractivity contribution in [2.45, 2.75) is 26.8 Å². The molecule has 6 heteroatoms. The zero-order valence-corrected chi connectivity index (χ0v) is 12.3. The van der Waals surface area contributed by atoms with Crippen molar-refractivity contribution < 1.29 is 9.18 Å². The highest BCUT2D eigenvalue weighted by Crippen LogP contribution is 2.19. The second kappa shape index (κ2) is 5.65. The predicted octanol–water partition coefficient (Wildman–Crippen LogP) is 2.32. The minimum Gasteiger partial charge on any atom is -0.322 e. The maximum absolute atomic E-state index is 13.7. The minimum absolute atomic E-state index is 0.296. The molecule has 1 heterocycles. The van der Waals surface area contributed by atoms with E-state index in [0.717, 1.165) is 0 Å². The molecule has 1 aromatic carbocycles. The van der Waals surface area contributed by atoms with Gasteiger partial charge in [-0.25, -0.2) is 9.07 Å². The number of nitrogens with one attached hydrogen (secondary N) is 1. The molecule has 0 radical (unpaired) electrons. The third kappa shape index (κ3) is 3.46. The van der Waals surface area contributed by atoms with E-state index in [4.69, 9.17) is 5.73 Å². The lowest BCUT2D eigenvalue weighted by Crippen LogP contribution is -2.45. The number of hydrogen-bond donors (Lipinski definition) is 2. The number of para-hydroxylation sites is 1. The molecule has 2 rings (SSSR count). The average molecular weight is 290 g/mol. The maximum atomic E-state index is 13.7. The van der Waals surface area contributed by atoms with Crippen LogP contribution < -0.4 is 11.1 Å². The quantitative estimate of drug-likeness (QED) is 0.911. The summed E-state index contributed by atoms with van der Waals surface area (Å²) in [6.07, 6.45) is 3.01. The summed E-state index contributed by atoms with van der Waals surface area (Å²) < 4.78 is 15.0. The molecule has 0 bridgehead atoms. The number of hydrogen-bond acceptors (Lipinski definition) is 3. The Morgan fingerprint density at radius 1 is 1.38 bits per heavy atom. The topological polar surface area (TPSA) is 72.9 Å². The number of amides is 1. The smallest absolute Gasteiger partial charge is 0.241 e. The number of halogens is 1. The van der Waals surface area contributed by atoms with E-state index < -0.39 is 6.04 Å². The number of anilines is 1. The predicted molar refractivity (Wildman–Crippen MR) is 79.6 cm³/mol. The van der Waals surface area contributed by atoms with E-state index in [0.29, 0.717) is 11.4 Å². The van der Waals surface area contributed by atoms with Gasteiger partial charge in [0.2, 0.25) is 5.91 Å². The maximum Gasteiger partial charge on any atom is 0.241 e. The first-order chi connectivity index (χ1) is 9.79. The minimum atomic E-state index is -0.644. The van der Waals surface area contributed by atoms with Crippen molar-refractivity contribution in [3.8, 4) is 5.69 Å². The van der Waals surface area contributed by atoms with Gasteiger partial charge in [0.15, 0.2) is 0 Å². The van der Waals surface area contributed by atoms with Gasteiger partial charge < -0.3 is 11.1 Å². The molecule has 3 N–H and O–H groups in total. The molecular weight excluding hydrogens is 271 g/mol. The largest absolute Gasteiger partial charge is 0.322 e. The highest BCUT2D eigenvalue weighted by molar-refractivity contribution is 5.95. The van der Waals surface area contributed by atoms with Crippen LogP contribution in [0.25, 0.3) is 5.69 Å². The molecule has 0 unspecified atom stereocenters. The molecule has 0 aliphatic heterocycles. The van der Waals surface area contributed by atoms with E-state index in [1.165, 1.54) is 16.9 Å². The van der Waals surface area contributed by atoms with Gasteiger partial charge in [-0.3, -0.25) is 4.79 Å². The second-order valence-electron chi connectivity index (χ2n) is 5.96. The molecule has 0 aliphatic carbocycles. The van der Waals surface area contributed by atoms with E-state index in [1.807, 2.05) is 20.8 Å². The first-order valence-electron chi connectivity index (χ1n) is 6.65. The lowest BCUT2D eigenvalue weighted by molar-refractivity contribution is -0.119. The zero-order valence-electron chi connectivity index (χ0n) is 12.3. The van der Waals surface area contributed by atoms with E-state index in [1.54, 1.807) is 24.4 Å². The van der Waals surface area contributed by atoms with Gasteiger partial charge >= 0.3 is 0 Å². The lowest BCUT2D eigenvalue weighted by Gasteiger charge is -2.25. The van der Waals surface area contributed by atoms with E-state index in [2.05, 4.69) is 10.4 Å². The van der Waals surface area contributed by atoms with Gasteiger partial charge in [0.05, 0.1) is 24.1 Å². The van der Waals surface area contributed by atoms with Gasteiger partial charge in [-0.1, -0.05) is 32.9 Å². The van der Waals surface area contributed by atoms with E-state index >= 15 is 0 Å². The van der Waals surface area contributed by atoms with Crippen LogP contribution in [0.5, 0.6) is 0 Å². The van der Waals surface area contributed by atoms with Crippen molar-refractivity contribution in [3.05, 3.63) is 42.5 Å². The number of rotatable bonds is 3. The van der Waals surface area contributed by atoms with Crippen LogP contribution in [0.4, 0.5) is 10.1 Å². The van der Waals surface area contributed by atoms with Crippen molar-refractivity contribution in [2.75, 3.05) is 5.32 Å². The van der Waals surface area contributed by atoms with Gasteiger partial charge in [-0.05, 0) is 17.5 Å². The van der Waals surface area contributed by atoms with Crippen LogP contribution in [0.15, 0.2) is 36.7 Å². The number of nitrogens with two attached hydrogens (primary N) is 1. The number of aromatic nitrogens is 2. The van der Waals surface area contributed by atoms with Gasteiger partial charge in [0.25, 0.3) is 0 Å². The Morgan fingerprint density at radius 3 is 2.67 bits per heavy atom. The molecule has 1 amide bonds. The van der Waals surface area contributed by atoms with Crippen molar-refractivity contribution in [3.63, 3.8) is 0 Å². The molecule has 0 aliphatic rings. The third-order valence-corrected chi connectivity index (χ3v) is 3.16. The van der Waals surface area contributed by atoms with Gasteiger partial charge in [0.1, 0.15) is 11.5 Å². The standard InChI is InChI=1S/C15H19FN4O/c1-15(2,3)13(17)14(21)19-10-8-18-20(9-10)12-7-5-4-6-11(12)16/h4-9,13H,17H2,1-3H3,(H,19,21)/t13-/m1/s1. The van der Waals surface area contributed by atoms with Crippen LogP contribution in [-0.2, 0) is 4.79 Å². The summed E-state index contributed by atoms with van der Waals surface area (Å²) in [5.41, 5.74) is 6.34. The Kier molecular flexibility index (Phi) is 4.09. The highest BCUT2D eigenvalue weighted by Gasteiger charge is 2.27. The molecule has 0 saturated carbocycles. The number of benzene rings is 1. The Hall–Kier alpha value is -2.21. The molecule has 5 nitrogen and oxygen atoms in total. The van der Waals surface area contributed by atoms with E-state index in [9.17, 15) is 9.18 Å². The monoisotopic (exact) mass is 290 g/mol. The summed E-state index contributed by atoms with van der Waals surface area (Å²) in [5, 5.41) is 6.73. The number of carbonyl (C=O) groups excluding carboxylic acids is 1. The summed E-state index contributed by atoms with van der Waals surface area (Å²) in [6.45, 7) is 5.67. The van der Waals surface area contributed by atoms with Crippen LogP contribution in [0.3, 0.4) is 0 Å². The van der Waals surface area contributed by atoms with E-state index in [-0.39, 0.29) is 17.1 Å². The lowest BCUT2D eigenvalue weighted by atomic mass is 9.87. The molecule has 0 fully saturated rings. The summed E-state index contributed by atoms with van der Waals surface area (Å²) in [7, 11) is 0. The van der Waals surface area contributed by atoms with Crippen molar-refractivity contribution in [1.82, 2.24) is 9.78 Å². The number of nitrogens with zero attached hydrogens (tertiary/aromatic N) is 2. The molecule has 1 atom stereocenters. The average Bonchev–Trinajstić information content (AvgIpc) is 2.85. The second-order valence-corrected chi connectivity index (χ2v) is 5.96. The van der Waals surface area contributed by atoms with Crippen LogP contribution in [-0.4, -0.2) is 21.7 Å². The fourth-order valence-corrected chi connectivity index (χ4v) is 1.77.